The second kappa shape index (κ2) is 7.83. The number of aromatic nitrogens is 3. The summed E-state index contributed by atoms with van der Waals surface area (Å²) in [6.45, 7) is 0. The average Bonchev–Trinajstić information content (AvgIpc) is 3.37. The van der Waals surface area contributed by atoms with Gasteiger partial charge >= 0.3 is 6.03 Å². The van der Waals surface area contributed by atoms with Crippen molar-refractivity contribution >= 4 is 22.9 Å². The summed E-state index contributed by atoms with van der Waals surface area (Å²) in [6, 6.07) is 16.3. The number of rotatable bonds is 6. The highest BCUT2D eigenvalue weighted by molar-refractivity contribution is 5.88. The number of methoxy groups -OCH3 is 1. The predicted molar refractivity (Wildman–Crippen MR) is 104 cm³/mol. The standard InChI is InChI=1S/C20H19N5O3/c1-27-14-8-6-13(7-9-14)12-17(23-20(26)24-18-10-11-28-25-18)19-21-15-4-2-3-5-16(15)22-19/h2-11,17H,12H2,1H3,(H,21,22)(H2,23,24,25,26). The molecule has 1 atom stereocenters. The van der Waals surface area contributed by atoms with Gasteiger partial charge in [0, 0.05) is 6.07 Å². The number of fused-ring (bicyclic) bond motifs is 1. The van der Waals surface area contributed by atoms with E-state index >= 15 is 0 Å². The molecule has 4 aromatic rings. The van der Waals surface area contributed by atoms with Gasteiger partial charge in [-0.1, -0.05) is 29.4 Å². The summed E-state index contributed by atoms with van der Waals surface area (Å²) >= 11 is 0. The van der Waals surface area contributed by atoms with Crippen LogP contribution in [0.15, 0.2) is 65.4 Å². The van der Waals surface area contributed by atoms with E-state index in [0.29, 0.717) is 18.1 Å². The third-order valence-corrected chi connectivity index (χ3v) is 4.32. The number of carbonyl (C=O) groups is 1. The molecule has 0 fully saturated rings. The van der Waals surface area contributed by atoms with E-state index in [0.717, 1.165) is 22.3 Å². The van der Waals surface area contributed by atoms with Crippen LogP contribution in [0.5, 0.6) is 5.75 Å². The van der Waals surface area contributed by atoms with Crippen LogP contribution in [-0.2, 0) is 6.42 Å². The molecule has 142 valence electrons. The molecule has 2 heterocycles. The minimum absolute atomic E-state index is 0.338. The number of H-pyrrole nitrogens is 1. The van der Waals surface area contributed by atoms with Crippen molar-refractivity contribution in [3.63, 3.8) is 0 Å². The van der Waals surface area contributed by atoms with E-state index in [4.69, 9.17) is 9.26 Å². The van der Waals surface area contributed by atoms with E-state index in [9.17, 15) is 4.79 Å². The predicted octanol–water partition coefficient (Wildman–Crippen LogP) is 3.67. The lowest BCUT2D eigenvalue weighted by Crippen LogP contribution is -2.34. The van der Waals surface area contributed by atoms with Crippen molar-refractivity contribution in [3.05, 3.63) is 72.2 Å². The number of carbonyl (C=O) groups excluding carboxylic acids is 1. The lowest BCUT2D eigenvalue weighted by Gasteiger charge is -2.17. The molecular formula is C20H19N5O3. The first-order valence-electron chi connectivity index (χ1n) is 8.77. The molecule has 0 saturated heterocycles. The fourth-order valence-corrected chi connectivity index (χ4v) is 2.94. The van der Waals surface area contributed by atoms with Crippen LogP contribution in [0.1, 0.15) is 17.4 Å². The smallest absolute Gasteiger partial charge is 0.321 e. The molecule has 2 aromatic heterocycles. The summed E-state index contributed by atoms with van der Waals surface area (Å²) in [5.74, 6) is 1.79. The number of hydrogen-bond acceptors (Lipinski definition) is 5. The fraction of sp³-hybridized carbons (Fsp3) is 0.150. The molecule has 0 aliphatic heterocycles. The van der Waals surface area contributed by atoms with Crippen LogP contribution in [0.4, 0.5) is 10.6 Å². The highest BCUT2D eigenvalue weighted by atomic mass is 16.5. The molecule has 0 spiro atoms. The normalized spacial score (nSPS) is 11.9. The van der Waals surface area contributed by atoms with Gasteiger partial charge in [-0.15, -0.1) is 0 Å². The van der Waals surface area contributed by atoms with E-state index in [2.05, 4.69) is 25.8 Å². The number of anilines is 1. The first-order valence-corrected chi connectivity index (χ1v) is 8.77. The molecule has 0 aliphatic rings. The van der Waals surface area contributed by atoms with Crippen LogP contribution in [0, 0.1) is 0 Å². The third kappa shape index (κ3) is 3.96. The summed E-state index contributed by atoms with van der Waals surface area (Å²) in [7, 11) is 1.63. The van der Waals surface area contributed by atoms with Crippen molar-refractivity contribution in [3.8, 4) is 5.75 Å². The SMILES string of the molecule is COc1ccc(CC(NC(=O)Nc2ccon2)c2nc3ccccc3[nH]2)cc1. The second-order valence-electron chi connectivity index (χ2n) is 6.23. The largest absolute Gasteiger partial charge is 0.497 e. The van der Waals surface area contributed by atoms with E-state index in [-0.39, 0.29) is 6.04 Å². The lowest BCUT2D eigenvalue weighted by atomic mass is 10.1. The summed E-state index contributed by atoms with van der Waals surface area (Å²) < 4.78 is 9.95. The molecule has 1 unspecified atom stereocenters. The van der Waals surface area contributed by atoms with E-state index < -0.39 is 6.03 Å². The van der Waals surface area contributed by atoms with Crippen LogP contribution >= 0.6 is 0 Å². The van der Waals surface area contributed by atoms with Gasteiger partial charge in [-0.25, -0.2) is 9.78 Å². The number of ether oxygens (including phenoxy) is 1. The van der Waals surface area contributed by atoms with E-state index in [1.807, 2.05) is 48.5 Å². The Bertz CT molecular complexity index is 1020. The van der Waals surface area contributed by atoms with Gasteiger partial charge in [0.25, 0.3) is 0 Å². The Morgan fingerprint density at radius 2 is 2.00 bits per heavy atom. The summed E-state index contributed by atoms with van der Waals surface area (Å²) in [4.78, 5) is 20.4. The lowest BCUT2D eigenvalue weighted by molar-refractivity contribution is 0.247. The number of amides is 2. The van der Waals surface area contributed by atoms with Gasteiger partial charge in [-0.2, -0.15) is 0 Å². The number of nitrogens with zero attached hydrogens (tertiary/aromatic N) is 2. The number of benzene rings is 2. The molecule has 3 N–H and O–H groups in total. The molecule has 0 saturated carbocycles. The molecule has 2 aromatic carbocycles. The van der Waals surface area contributed by atoms with Crippen molar-refractivity contribution in [2.45, 2.75) is 12.5 Å². The molecule has 0 bridgehead atoms. The van der Waals surface area contributed by atoms with Crippen LogP contribution in [0.25, 0.3) is 11.0 Å². The Morgan fingerprint density at radius 3 is 2.71 bits per heavy atom. The van der Waals surface area contributed by atoms with Crippen molar-refractivity contribution in [2.75, 3.05) is 12.4 Å². The number of hydrogen-bond donors (Lipinski definition) is 3. The molecule has 8 heteroatoms. The molecule has 0 radical (unpaired) electrons. The Hall–Kier alpha value is -3.81. The van der Waals surface area contributed by atoms with Gasteiger partial charge in [0.1, 0.15) is 17.8 Å². The first-order chi connectivity index (χ1) is 13.7. The van der Waals surface area contributed by atoms with Crippen LogP contribution in [-0.4, -0.2) is 28.3 Å². The Labute approximate surface area is 160 Å². The monoisotopic (exact) mass is 377 g/mol. The fourth-order valence-electron chi connectivity index (χ4n) is 2.94. The zero-order chi connectivity index (χ0) is 19.3. The van der Waals surface area contributed by atoms with Crippen molar-refractivity contribution in [1.29, 1.82) is 0 Å². The second-order valence-corrected chi connectivity index (χ2v) is 6.23. The number of para-hydroxylation sites is 2. The summed E-state index contributed by atoms with van der Waals surface area (Å²) in [6.07, 6.45) is 1.94. The van der Waals surface area contributed by atoms with Gasteiger partial charge in [-0.05, 0) is 36.2 Å². The number of aromatic amines is 1. The van der Waals surface area contributed by atoms with E-state index in [1.54, 1.807) is 13.2 Å². The maximum atomic E-state index is 12.4. The quantitative estimate of drug-likeness (QED) is 0.475. The highest BCUT2D eigenvalue weighted by Gasteiger charge is 2.20. The molecule has 28 heavy (non-hydrogen) atoms. The number of nitrogens with one attached hydrogen (secondary N) is 3. The molecule has 8 nitrogen and oxygen atoms in total. The Balaban J connectivity index is 1.58. The molecule has 0 aliphatic carbocycles. The molecular weight excluding hydrogens is 358 g/mol. The maximum Gasteiger partial charge on any atom is 0.321 e. The van der Waals surface area contributed by atoms with Crippen LogP contribution in [0.2, 0.25) is 0 Å². The molecule has 4 rings (SSSR count). The first kappa shape index (κ1) is 17.6. The number of urea groups is 1. The van der Waals surface area contributed by atoms with Gasteiger partial charge < -0.3 is 19.6 Å². The van der Waals surface area contributed by atoms with Crippen molar-refractivity contribution < 1.29 is 14.1 Å². The Morgan fingerprint density at radius 1 is 1.18 bits per heavy atom. The number of imidazole rings is 1. The van der Waals surface area contributed by atoms with Crippen LogP contribution in [0.3, 0.4) is 0 Å². The zero-order valence-corrected chi connectivity index (χ0v) is 15.2. The van der Waals surface area contributed by atoms with Crippen molar-refractivity contribution in [1.82, 2.24) is 20.4 Å². The minimum atomic E-state index is -0.395. The van der Waals surface area contributed by atoms with Gasteiger partial charge in [0.05, 0.1) is 24.2 Å². The van der Waals surface area contributed by atoms with Gasteiger partial charge in [0.15, 0.2) is 5.82 Å². The maximum absolute atomic E-state index is 12.4. The summed E-state index contributed by atoms with van der Waals surface area (Å²) in [5.41, 5.74) is 2.79. The third-order valence-electron chi connectivity index (χ3n) is 4.32. The summed E-state index contributed by atoms with van der Waals surface area (Å²) in [5, 5.41) is 9.29. The molecule has 2 amide bonds. The van der Waals surface area contributed by atoms with Gasteiger partial charge in [-0.3, -0.25) is 5.32 Å². The van der Waals surface area contributed by atoms with E-state index in [1.165, 1.54) is 6.26 Å². The van der Waals surface area contributed by atoms with Gasteiger partial charge in [0.2, 0.25) is 0 Å². The van der Waals surface area contributed by atoms with Crippen molar-refractivity contribution in [2.24, 2.45) is 0 Å². The average molecular weight is 377 g/mol. The highest BCUT2D eigenvalue weighted by Crippen LogP contribution is 2.21. The minimum Gasteiger partial charge on any atom is -0.497 e. The Kier molecular flexibility index (Phi) is 4.92. The van der Waals surface area contributed by atoms with Crippen LogP contribution < -0.4 is 15.4 Å². The zero-order valence-electron chi connectivity index (χ0n) is 15.2. The topological polar surface area (TPSA) is 105 Å².